The summed E-state index contributed by atoms with van der Waals surface area (Å²) < 4.78 is 29.2. The van der Waals surface area contributed by atoms with Crippen LogP contribution in [0.25, 0.3) is 0 Å². The van der Waals surface area contributed by atoms with E-state index in [1.165, 1.54) is 11.3 Å². The Kier molecular flexibility index (Phi) is 2.80. The molecule has 1 aliphatic heterocycles. The third-order valence-corrected chi connectivity index (χ3v) is 6.69. The summed E-state index contributed by atoms with van der Waals surface area (Å²) in [6.45, 7) is 3.19. The van der Waals surface area contributed by atoms with Gasteiger partial charge in [0, 0.05) is 25.0 Å². The molecule has 0 fully saturated rings. The molecule has 0 radical (unpaired) electrons. The first-order valence-electron chi connectivity index (χ1n) is 5.81. The van der Waals surface area contributed by atoms with E-state index in [0.29, 0.717) is 10.8 Å². The Morgan fingerprint density at radius 3 is 2.83 bits per heavy atom. The summed E-state index contributed by atoms with van der Waals surface area (Å²) in [7, 11) is -3.35. The minimum Gasteiger partial charge on any atom is -0.349 e. The van der Waals surface area contributed by atoms with Gasteiger partial charge in [0.15, 0.2) is 0 Å². The second-order valence-electron chi connectivity index (χ2n) is 4.35. The molecule has 0 bridgehead atoms. The molecular formula is C12H14N2O2S2. The van der Waals surface area contributed by atoms with Crippen LogP contribution in [0.3, 0.4) is 0 Å². The first-order valence-corrected chi connectivity index (χ1v) is 8.13. The summed E-state index contributed by atoms with van der Waals surface area (Å²) in [6, 6.07) is 7.28. The molecule has 96 valence electrons. The van der Waals surface area contributed by atoms with Crippen LogP contribution in [-0.2, 0) is 16.6 Å². The lowest BCUT2D eigenvalue weighted by molar-refractivity contribution is 0.283. The average Bonchev–Trinajstić information content (AvgIpc) is 3.00. The van der Waals surface area contributed by atoms with Gasteiger partial charge in [0.25, 0.3) is 10.0 Å². The van der Waals surface area contributed by atoms with Gasteiger partial charge in [-0.25, -0.2) is 8.42 Å². The van der Waals surface area contributed by atoms with Gasteiger partial charge < -0.3 is 4.57 Å². The second kappa shape index (κ2) is 4.22. The minimum atomic E-state index is -3.35. The Morgan fingerprint density at radius 1 is 1.28 bits per heavy atom. The highest BCUT2D eigenvalue weighted by molar-refractivity contribution is 7.91. The zero-order valence-electron chi connectivity index (χ0n) is 9.98. The van der Waals surface area contributed by atoms with Crippen LogP contribution < -0.4 is 0 Å². The van der Waals surface area contributed by atoms with Crippen molar-refractivity contribution in [3.63, 3.8) is 0 Å². The molecule has 4 nitrogen and oxygen atoms in total. The van der Waals surface area contributed by atoms with Crippen LogP contribution in [0.5, 0.6) is 0 Å². The molecule has 0 aliphatic carbocycles. The van der Waals surface area contributed by atoms with E-state index in [1.807, 2.05) is 25.3 Å². The maximum absolute atomic E-state index is 12.5. The SMILES string of the molecule is C[C@@H]1c2cccn2CCN1S(=O)(=O)c1cccs1. The molecule has 2 aromatic rings. The number of rotatable bonds is 2. The van der Waals surface area contributed by atoms with Crippen molar-refractivity contribution < 1.29 is 8.42 Å². The predicted molar refractivity (Wildman–Crippen MR) is 71.1 cm³/mol. The lowest BCUT2D eigenvalue weighted by atomic mass is 10.2. The summed E-state index contributed by atoms with van der Waals surface area (Å²) >= 11 is 1.27. The van der Waals surface area contributed by atoms with Crippen molar-refractivity contribution in [3.8, 4) is 0 Å². The number of fused-ring (bicyclic) bond motifs is 1. The van der Waals surface area contributed by atoms with E-state index < -0.39 is 10.0 Å². The van der Waals surface area contributed by atoms with Gasteiger partial charge in [-0.15, -0.1) is 11.3 Å². The van der Waals surface area contributed by atoms with Gasteiger partial charge in [0.1, 0.15) is 4.21 Å². The van der Waals surface area contributed by atoms with E-state index in [2.05, 4.69) is 4.57 Å². The third-order valence-electron chi connectivity index (χ3n) is 3.34. The molecule has 0 unspecified atom stereocenters. The first-order chi connectivity index (χ1) is 8.60. The van der Waals surface area contributed by atoms with Crippen molar-refractivity contribution in [1.82, 2.24) is 8.87 Å². The van der Waals surface area contributed by atoms with Crippen LogP contribution >= 0.6 is 11.3 Å². The normalized spacial score (nSPS) is 20.8. The summed E-state index contributed by atoms with van der Waals surface area (Å²) in [5, 5.41) is 1.80. The zero-order valence-corrected chi connectivity index (χ0v) is 11.6. The molecule has 0 amide bonds. The monoisotopic (exact) mass is 282 g/mol. The van der Waals surface area contributed by atoms with Crippen molar-refractivity contribution in [2.75, 3.05) is 6.54 Å². The fourth-order valence-electron chi connectivity index (χ4n) is 2.41. The third kappa shape index (κ3) is 1.72. The van der Waals surface area contributed by atoms with E-state index in [1.54, 1.807) is 21.8 Å². The molecule has 0 N–H and O–H groups in total. The first kappa shape index (κ1) is 12.0. The molecular weight excluding hydrogens is 268 g/mol. The molecule has 1 atom stereocenters. The quantitative estimate of drug-likeness (QED) is 0.848. The van der Waals surface area contributed by atoms with E-state index >= 15 is 0 Å². The van der Waals surface area contributed by atoms with Crippen molar-refractivity contribution in [2.45, 2.75) is 23.7 Å². The Morgan fingerprint density at radius 2 is 2.11 bits per heavy atom. The van der Waals surface area contributed by atoms with E-state index in [9.17, 15) is 8.42 Å². The Hall–Kier alpha value is -1.11. The number of sulfonamides is 1. The second-order valence-corrected chi connectivity index (χ2v) is 7.42. The van der Waals surface area contributed by atoms with Gasteiger partial charge in [-0.3, -0.25) is 0 Å². The summed E-state index contributed by atoms with van der Waals surface area (Å²) in [4.78, 5) is 0. The van der Waals surface area contributed by atoms with Crippen LogP contribution in [0.1, 0.15) is 18.7 Å². The number of nitrogens with zero attached hydrogens (tertiary/aromatic N) is 2. The fraction of sp³-hybridized carbons (Fsp3) is 0.333. The fourth-order valence-corrected chi connectivity index (χ4v) is 5.13. The average molecular weight is 282 g/mol. The van der Waals surface area contributed by atoms with Gasteiger partial charge >= 0.3 is 0 Å². The molecule has 3 heterocycles. The molecule has 6 heteroatoms. The number of thiophene rings is 1. The highest BCUT2D eigenvalue weighted by atomic mass is 32.2. The molecule has 3 rings (SSSR count). The molecule has 0 saturated heterocycles. The summed E-state index contributed by atoms with van der Waals surface area (Å²) in [5.74, 6) is 0. The maximum Gasteiger partial charge on any atom is 0.253 e. The van der Waals surface area contributed by atoms with E-state index in [-0.39, 0.29) is 6.04 Å². The number of hydrogen-bond acceptors (Lipinski definition) is 3. The zero-order chi connectivity index (χ0) is 12.8. The van der Waals surface area contributed by atoms with E-state index in [0.717, 1.165) is 12.2 Å². The molecule has 2 aromatic heterocycles. The van der Waals surface area contributed by atoms with Gasteiger partial charge in [0.05, 0.1) is 6.04 Å². The van der Waals surface area contributed by atoms with Crippen LogP contribution in [0, 0.1) is 0 Å². The van der Waals surface area contributed by atoms with Crippen LogP contribution in [-0.4, -0.2) is 23.8 Å². The number of aromatic nitrogens is 1. The van der Waals surface area contributed by atoms with Gasteiger partial charge in [-0.1, -0.05) is 6.07 Å². The summed E-state index contributed by atoms with van der Waals surface area (Å²) in [6.07, 6.45) is 2.00. The Labute approximate surface area is 111 Å². The van der Waals surface area contributed by atoms with Crippen molar-refractivity contribution in [3.05, 3.63) is 41.5 Å². The van der Waals surface area contributed by atoms with Gasteiger partial charge in [-0.05, 0) is 30.5 Å². The van der Waals surface area contributed by atoms with Gasteiger partial charge in [-0.2, -0.15) is 4.31 Å². The lowest BCUT2D eigenvalue weighted by Gasteiger charge is -2.33. The standard InChI is InChI=1S/C12H14N2O2S2/c1-10-11-4-2-6-13(11)7-8-14(10)18(15,16)12-5-3-9-17-12/h2-6,9-10H,7-8H2,1H3/t10-/m1/s1. The largest absolute Gasteiger partial charge is 0.349 e. The molecule has 0 spiro atoms. The van der Waals surface area contributed by atoms with Gasteiger partial charge in [0.2, 0.25) is 0 Å². The molecule has 0 saturated carbocycles. The van der Waals surface area contributed by atoms with Crippen molar-refractivity contribution in [1.29, 1.82) is 0 Å². The van der Waals surface area contributed by atoms with Crippen molar-refractivity contribution in [2.24, 2.45) is 0 Å². The Balaban J connectivity index is 2.00. The molecule has 1 aliphatic rings. The maximum atomic E-state index is 12.5. The smallest absolute Gasteiger partial charge is 0.253 e. The topological polar surface area (TPSA) is 42.3 Å². The lowest BCUT2D eigenvalue weighted by Crippen LogP contribution is -2.40. The van der Waals surface area contributed by atoms with Crippen LogP contribution in [0.4, 0.5) is 0 Å². The highest BCUT2D eigenvalue weighted by Crippen LogP contribution is 2.32. The Bertz CT molecular complexity index is 643. The predicted octanol–water partition coefficient (Wildman–Crippen LogP) is 2.32. The minimum absolute atomic E-state index is 0.110. The number of hydrogen-bond donors (Lipinski definition) is 0. The van der Waals surface area contributed by atoms with E-state index in [4.69, 9.17) is 0 Å². The highest BCUT2D eigenvalue weighted by Gasteiger charge is 2.34. The van der Waals surface area contributed by atoms with Crippen LogP contribution in [0.15, 0.2) is 40.1 Å². The van der Waals surface area contributed by atoms with Crippen LogP contribution in [0.2, 0.25) is 0 Å². The molecule has 0 aromatic carbocycles. The molecule has 18 heavy (non-hydrogen) atoms. The summed E-state index contributed by atoms with van der Waals surface area (Å²) in [5.41, 5.74) is 1.06. The van der Waals surface area contributed by atoms with Crippen molar-refractivity contribution >= 4 is 21.4 Å².